The Hall–Kier alpha value is -0.710. The number of hydrogen-bond donors (Lipinski definition) is 2. The molecule has 0 spiro atoms. The van der Waals surface area contributed by atoms with Gasteiger partial charge in [0.2, 0.25) is 0 Å². The minimum Gasteiger partial charge on any atom is -0.490 e. The molecule has 0 bridgehead atoms. The molecule has 100 valence electrons. The van der Waals surface area contributed by atoms with Crippen LogP contribution in [-0.4, -0.2) is 13.2 Å². The van der Waals surface area contributed by atoms with E-state index in [0.29, 0.717) is 41.1 Å². The molecule has 0 saturated heterocycles. The van der Waals surface area contributed by atoms with E-state index in [1.165, 1.54) is 0 Å². The lowest BCUT2D eigenvalue weighted by Gasteiger charge is -2.15. The number of benzene rings is 1. The molecule has 0 aliphatic heterocycles. The molecule has 1 rings (SSSR count). The van der Waals surface area contributed by atoms with Crippen molar-refractivity contribution in [2.75, 3.05) is 24.7 Å². The molecule has 0 aromatic heterocycles. The van der Waals surface area contributed by atoms with E-state index in [1.807, 2.05) is 13.8 Å². The van der Waals surface area contributed by atoms with E-state index in [-0.39, 0.29) is 24.8 Å². The van der Waals surface area contributed by atoms with E-state index in [9.17, 15) is 0 Å². The number of nitrogen functional groups attached to an aromatic ring is 2. The molecule has 4 nitrogen and oxygen atoms in total. The van der Waals surface area contributed by atoms with Gasteiger partial charge in [-0.25, -0.2) is 0 Å². The van der Waals surface area contributed by atoms with Crippen LogP contribution < -0.4 is 20.9 Å². The van der Waals surface area contributed by atoms with Crippen molar-refractivity contribution in [1.29, 1.82) is 0 Å². The third-order valence-electron chi connectivity index (χ3n) is 1.83. The largest absolute Gasteiger partial charge is 0.490 e. The summed E-state index contributed by atoms with van der Waals surface area (Å²) >= 11 is 5.95. The summed E-state index contributed by atoms with van der Waals surface area (Å²) in [6, 6.07) is 1.58. The van der Waals surface area contributed by atoms with Gasteiger partial charge in [0, 0.05) is 0 Å². The van der Waals surface area contributed by atoms with Crippen LogP contribution >= 0.6 is 36.4 Å². The number of halogens is 3. The monoisotopic (exact) mass is 302 g/mol. The predicted octanol–water partition coefficient (Wildman–Crippen LogP) is 3.15. The molecule has 0 amide bonds. The van der Waals surface area contributed by atoms with Crippen molar-refractivity contribution in [3.05, 3.63) is 11.1 Å². The van der Waals surface area contributed by atoms with Crippen molar-refractivity contribution in [2.45, 2.75) is 13.8 Å². The van der Waals surface area contributed by atoms with Crippen molar-refractivity contribution >= 4 is 47.8 Å². The van der Waals surface area contributed by atoms with E-state index in [0.717, 1.165) is 0 Å². The Balaban J connectivity index is 0. The maximum atomic E-state index is 5.95. The van der Waals surface area contributed by atoms with Crippen molar-refractivity contribution in [3.63, 3.8) is 0 Å². The Morgan fingerprint density at radius 2 is 1.53 bits per heavy atom. The second kappa shape index (κ2) is 8.39. The Kier molecular flexibility index (Phi) is 9.21. The first-order valence-electron chi connectivity index (χ1n) is 4.74. The predicted molar refractivity (Wildman–Crippen MR) is 77.1 cm³/mol. The zero-order chi connectivity index (χ0) is 11.4. The van der Waals surface area contributed by atoms with Crippen LogP contribution in [0.5, 0.6) is 11.5 Å². The number of nitrogens with two attached hydrogens (primary N) is 2. The normalized spacial score (nSPS) is 8.88. The van der Waals surface area contributed by atoms with E-state index < -0.39 is 0 Å². The van der Waals surface area contributed by atoms with E-state index in [4.69, 9.17) is 32.5 Å². The molecule has 7 heteroatoms. The Morgan fingerprint density at radius 3 is 2.00 bits per heavy atom. The Morgan fingerprint density at radius 1 is 1.06 bits per heavy atom. The van der Waals surface area contributed by atoms with Crippen LogP contribution in [0, 0.1) is 0 Å². The molecule has 0 atom stereocenters. The lowest BCUT2D eigenvalue weighted by Crippen LogP contribution is -2.04. The number of anilines is 2. The summed E-state index contributed by atoms with van der Waals surface area (Å²) < 4.78 is 10.6. The highest BCUT2D eigenvalue weighted by Crippen LogP contribution is 2.42. The summed E-state index contributed by atoms with van der Waals surface area (Å²) in [5.41, 5.74) is 12.3. The topological polar surface area (TPSA) is 70.5 Å². The zero-order valence-electron chi connectivity index (χ0n) is 9.66. The number of hydrogen-bond acceptors (Lipinski definition) is 4. The fraction of sp³-hybridized carbons (Fsp3) is 0.400. The maximum absolute atomic E-state index is 5.95. The molecule has 0 aliphatic rings. The molecule has 17 heavy (non-hydrogen) atoms. The Labute approximate surface area is 118 Å². The average Bonchev–Trinajstić information content (AvgIpc) is 2.19. The summed E-state index contributed by atoms with van der Waals surface area (Å²) in [6.45, 7) is 4.68. The first kappa shape index (κ1) is 18.6. The van der Waals surface area contributed by atoms with Crippen LogP contribution in [-0.2, 0) is 0 Å². The highest BCUT2D eigenvalue weighted by molar-refractivity contribution is 6.33. The molecule has 0 fully saturated rings. The molecular formula is C10H17Cl3N2O2. The van der Waals surface area contributed by atoms with Crippen LogP contribution in [0.15, 0.2) is 6.07 Å². The minimum atomic E-state index is 0. The highest BCUT2D eigenvalue weighted by atomic mass is 35.5. The van der Waals surface area contributed by atoms with Crippen molar-refractivity contribution in [1.82, 2.24) is 0 Å². The van der Waals surface area contributed by atoms with Gasteiger partial charge in [0.05, 0.1) is 23.9 Å². The molecule has 0 aliphatic carbocycles. The number of rotatable bonds is 4. The van der Waals surface area contributed by atoms with Gasteiger partial charge in [-0.1, -0.05) is 11.6 Å². The SMILES string of the molecule is CCOc1c(N)cc(Cl)c(OCC)c1N.Cl.Cl. The van der Waals surface area contributed by atoms with Gasteiger partial charge in [0.1, 0.15) is 5.69 Å². The average molecular weight is 304 g/mol. The van der Waals surface area contributed by atoms with Gasteiger partial charge in [0.25, 0.3) is 0 Å². The second-order valence-electron chi connectivity index (χ2n) is 2.89. The number of ether oxygens (including phenoxy) is 2. The van der Waals surface area contributed by atoms with Crippen LogP contribution in [0.2, 0.25) is 5.02 Å². The van der Waals surface area contributed by atoms with Crippen molar-refractivity contribution in [3.8, 4) is 11.5 Å². The van der Waals surface area contributed by atoms with Gasteiger partial charge in [-0.2, -0.15) is 0 Å². The van der Waals surface area contributed by atoms with Gasteiger partial charge in [-0.05, 0) is 19.9 Å². The summed E-state index contributed by atoms with van der Waals surface area (Å²) in [5, 5.41) is 0.398. The third-order valence-corrected chi connectivity index (χ3v) is 2.11. The van der Waals surface area contributed by atoms with Crippen LogP contribution in [0.1, 0.15) is 13.8 Å². The zero-order valence-corrected chi connectivity index (χ0v) is 12.0. The van der Waals surface area contributed by atoms with Crippen LogP contribution in [0.25, 0.3) is 0 Å². The molecule has 0 saturated carbocycles. The second-order valence-corrected chi connectivity index (χ2v) is 3.29. The van der Waals surface area contributed by atoms with Gasteiger partial charge in [-0.3, -0.25) is 0 Å². The van der Waals surface area contributed by atoms with E-state index in [2.05, 4.69) is 0 Å². The first-order valence-corrected chi connectivity index (χ1v) is 5.12. The standard InChI is InChI=1S/C10H15ClN2O2.2ClH/c1-3-14-9-6(11)5-7(12)10(8(9)13)15-4-2;;/h5H,3-4,12-13H2,1-2H3;2*1H. The smallest absolute Gasteiger partial charge is 0.168 e. The summed E-state index contributed by atoms with van der Waals surface area (Å²) in [4.78, 5) is 0. The van der Waals surface area contributed by atoms with Gasteiger partial charge in [0.15, 0.2) is 11.5 Å². The molecular weight excluding hydrogens is 286 g/mol. The van der Waals surface area contributed by atoms with Crippen molar-refractivity contribution < 1.29 is 9.47 Å². The summed E-state index contributed by atoms with van der Waals surface area (Å²) in [5.74, 6) is 0.863. The molecule has 4 N–H and O–H groups in total. The third kappa shape index (κ3) is 4.22. The Bertz CT molecular complexity index is 332. The van der Waals surface area contributed by atoms with Crippen LogP contribution in [0.3, 0.4) is 0 Å². The van der Waals surface area contributed by atoms with E-state index in [1.54, 1.807) is 6.07 Å². The van der Waals surface area contributed by atoms with Gasteiger partial charge in [-0.15, -0.1) is 24.8 Å². The van der Waals surface area contributed by atoms with Crippen molar-refractivity contribution in [2.24, 2.45) is 0 Å². The summed E-state index contributed by atoms with van der Waals surface area (Å²) in [6.07, 6.45) is 0. The molecule has 0 unspecified atom stereocenters. The van der Waals surface area contributed by atoms with Gasteiger partial charge >= 0.3 is 0 Å². The molecule has 1 aromatic rings. The fourth-order valence-corrected chi connectivity index (χ4v) is 1.53. The highest BCUT2D eigenvalue weighted by Gasteiger charge is 2.15. The lowest BCUT2D eigenvalue weighted by atomic mass is 10.2. The van der Waals surface area contributed by atoms with Crippen LogP contribution in [0.4, 0.5) is 11.4 Å². The quantitative estimate of drug-likeness (QED) is 0.838. The van der Waals surface area contributed by atoms with E-state index >= 15 is 0 Å². The summed E-state index contributed by atoms with van der Waals surface area (Å²) in [7, 11) is 0. The maximum Gasteiger partial charge on any atom is 0.168 e. The minimum absolute atomic E-state index is 0. The molecule has 1 aromatic carbocycles. The molecule has 0 radical (unpaired) electrons. The molecule has 0 heterocycles. The fourth-order valence-electron chi connectivity index (χ4n) is 1.25. The van der Waals surface area contributed by atoms with Gasteiger partial charge < -0.3 is 20.9 Å². The lowest BCUT2D eigenvalue weighted by molar-refractivity contribution is 0.328. The first-order chi connectivity index (χ1) is 7.11.